The van der Waals surface area contributed by atoms with Crippen LogP contribution in [0.25, 0.3) is 16.8 Å². The van der Waals surface area contributed by atoms with E-state index in [2.05, 4.69) is 4.98 Å². The second-order valence-electron chi connectivity index (χ2n) is 8.53. The first-order valence-corrected chi connectivity index (χ1v) is 13.5. The molecule has 4 aromatic rings. The van der Waals surface area contributed by atoms with Gasteiger partial charge in [-0.15, -0.1) is 0 Å². The van der Waals surface area contributed by atoms with Crippen molar-refractivity contribution < 1.29 is 23.0 Å². The van der Waals surface area contributed by atoms with Crippen molar-refractivity contribution in [3.63, 3.8) is 0 Å². The van der Waals surface area contributed by atoms with Crippen molar-refractivity contribution in [1.29, 1.82) is 0 Å². The molecule has 0 saturated carbocycles. The molecule has 0 spiro atoms. The van der Waals surface area contributed by atoms with Crippen molar-refractivity contribution in [1.82, 2.24) is 9.55 Å². The number of aryl methyl sites for hydroxylation is 1. The highest BCUT2D eigenvalue weighted by molar-refractivity contribution is 7.91. The lowest BCUT2D eigenvalue weighted by Gasteiger charge is -2.19. The maximum Gasteiger partial charge on any atom is 0.271 e. The van der Waals surface area contributed by atoms with Crippen LogP contribution in [0, 0.1) is 0 Å². The lowest BCUT2D eigenvalue weighted by Crippen LogP contribution is -2.21. The SMILES string of the molecule is CCCCc1[nH]c(=O)c(S(=O)(=O)c2ccc(-n3ccccc3=O)cc2)c(O)c1-c1c(OC)cccc1OC. The average Bonchev–Trinajstić information content (AvgIpc) is 2.91. The molecule has 9 nitrogen and oxygen atoms in total. The molecule has 0 aliphatic rings. The summed E-state index contributed by atoms with van der Waals surface area (Å²) in [5.41, 5.74) is 0.0489. The molecular formula is C28H28N2O7S. The largest absolute Gasteiger partial charge is 0.506 e. The van der Waals surface area contributed by atoms with Gasteiger partial charge in [0, 0.05) is 23.6 Å². The van der Waals surface area contributed by atoms with Crippen molar-refractivity contribution in [2.45, 2.75) is 36.0 Å². The third-order valence-electron chi connectivity index (χ3n) is 6.20. The van der Waals surface area contributed by atoms with E-state index in [4.69, 9.17) is 9.47 Å². The number of hydrogen-bond acceptors (Lipinski definition) is 7. The van der Waals surface area contributed by atoms with Gasteiger partial charge in [-0.25, -0.2) is 8.42 Å². The molecule has 0 bridgehead atoms. The summed E-state index contributed by atoms with van der Waals surface area (Å²) < 4.78 is 39.8. The Morgan fingerprint density at radius 1 is 0.895 bits per heavy atom. The Balaban J connectivity index is 1.94. The molecule has 2 N–H and O–H groups in total. The fraction of sp³-hybridized carbons (Fsp3) is 0.214. The Morgan fingerprint density at radius 2 is 1.55 bits per heavy atom. The lowest BCUT2D eigenvalue weighted by molar-refractivity contribution is 0.395. The van der Waals surface area contributed by atoms with Gasteiger partial charge in [-0.3, -0.25) is 14.2 Å². The molecule has 0 aliphatic heterocycles. The lowest BCUT2D eigenvalue weighted by atomic mass is 9.98. The second-order valence-corrected chi connectivity index (χ2v) is 10.4. The summed E-state index contributed by atoms with van der Waals surface area (Å²) in [6.45, 7) is 1.98. The number of nitrogens with zero attached hydrogens (tertiary/aromatic N) is 1. The van der Waals surface area contributed by atoms with Gasteiger partial charge >= 0.3 is 0 Å². The van der Waals surface area contributed by atoms with E-state index in [9.17, 15) is 23.1 Å². The Bertz CT molecular complexity index is 1670. The van der Waals surface area contributed by atoms with Crippen LogP contribution in [-0.4, -0.2) is 37.3 Å². The second kappa shape index (κ2) is 11.0. The van der Waals surface area contributed by atoms with Crippen LogP contribution in [0.3, 0.4) is 0 Å². The van der Waals surface area contributed by atoms with Crippen molar-refractivity contribution in [2.75, 3.05) is 14.2 Å². The van der Waals surface area contributed by atoms with E-state index in [1.807, 2.05) is 6.92 Å². The highest BCUT2D eigenvalue weighted by atomic mass is 32.2. The van der Waals surface area contributed by atoms with Crippen molar-refractivity contribution >= 4 is 9.84 Å². The van der Waals surface area contributed by atoms with Crippen LogP contribution in [0.1, 0.15) is 25.5 Å². The topological polar surface area (TPSA) is 128 Å². The van der Waals surface area contributed by atoms with E-state index < -0.39 is 26.0 Å². The Hall–Kier alpha value is -4.31. The number of pyridine rings is 2. The van der Waals surface area contributed by atoms with E-state index in [-0.39, 0.29) is 16.0 Å². The zero-order valence-electron chi connectivity index (χ0n) is 21.2. The molecule has 0 amide bonds. The molecule has 0 fully saturated rings. The smallest absolute Gasteiger partial charge is 0.271 e. The Morgan fingerprint density at radius 3 is 2.13 bits per heavy atom. The first-order valence-electron chi connectivity index (χ1n) is 12.0. The molecular weight excluding hydrogens is 508 g/mol. The van der Waals surface area contributed by atoms with Crippen LogP contribution >= 0.6 is 0 Å². The number of sulfone groups is 1. The van der Waals surface area contributed by atoms with Gasteiger partial charge in [-0.2, -0.15) is 0 Å². The van der Waals surface area contributed by atoms with Crippen LogP contribution in [0.5, 0.6) is 17.2 Å². The van der Waals surface area contributed by atoms with Crippen LogP contribution in [-0.2, 0) is 16.3 Å². The highest BCUT2D eigenvalue weighted by Crippen LogP contribution is 2.46. The van der Waals surface area contributed by atoms with Gasteiger partial charge in [0.25, 0.3) is 11.1 Å². The summed E-state index contributed by atoms with van der Waals surface area (Å²) in [6, 6.07) is 15.2. The number of aromatic nitrogens is 2. The van der Waals surface area contributed by atoms with E-state index in [0.717, 1.165) is 6.42 Å². The molecule has 38 heavy (non-hydrogen) atoms. The summed E-state index contributed by atoms with van der Waals surface area (Å²) in [6.07, 6.45) is 3.44. The zero-order valence-corrected chi connectivity index (χ0v) is 22.0. The van der Waals surface area contributed by atoms with E-state index >= 15 is 0 Å². The fourth-order valence-electron chi connectivity index (χ4n) is 4.32. The van der Waals surface area contributed by atoms with E-state index in [1.165, 1.54) is 49.1 Å². The maximum atomic E-state index is 13.7. The number of H-pyrrole nitrogens is 1. The van der Waals surface area contributed by atoms with Gasteiger partial charge in [0.2, 0.25) is 9.84 Å². The number of benzene rings is 2. The first kappa shape index (κ1) is 26.7. The van der Waals surface area contributed by atoms with Gasteiger partial charge in [0.05, 0.1) is 30.2 Å². The van der Waals surface area contributed by atoms with Gasteiger partial charge in [0.1, 0.15) is 17.2 Å². The molecule has 0 unspecified atom stereocenters. The zero-order chi connectivity index (χ0) is 27.4. The third kappa shape index (κ3) is 4.82. The minimum Gasteiger partial charge on any atom is -0.506 e. The molecule has 4 rings (SSSR count). The van der Waals surface area contributed by atoms with Crippen LogP contribution in [0.4, 0.5) is 0 Å². The monoisotopic (exact) mass is 536 g/mol. The fourth-order valence-corrected chi connectivity index (χ4v) is 5.70. The van der Waals surface area contributed by atoms with Gasteiger partial charge in [0.15, 0.2) is 4.90 Å². The van der Waals surface area contributed by atoms with E-state index in [1.54, 1.807) is 36.5 Å². The number of methoxy groups -OCH3 is 2. The number of unbranched alkanes of at least 4 members (excludes halogenated alkanes) is 1. The number of rotatable bonds is 9. The molecule has 0 radical (unpaired) electrons. The summed E-state index contributed by atoms with van der Waals surface area (Å²) >= 11 is 0. The maximum absolute atomic E-state index is 13.7. The normalized spacial score (nSPS) is 11.3. The van der Waals surface area contributed by atoms with Gasteiger partial charge < -0.3 is 19.6 Å². The molecule has 0 saturated heterocycles. The number of nitrogens with one attached hydrogen (secondary N) is 1. The summed E-state index contributed by atoms with van der Waals surface area (Å²) in [7, 11) is -1.58. The molecule has 0 aliphatic carbocycles. The average molecular weight is 537 g/mol. The molecule has 2 heterocycles. The van der Waals surface area contributed by atoms with Crippen molar-refractivity contribution in [3.05, 3.63) is 93.3 Å². The number of ether oxygens (including phenoxy) is 2. The number of aromatic hydroxyl groups is 1. The summed E-state index contributed by atoms with van der Waals surface area (Å²) in [5.74, 6) is -0.0121. The molecule has 198 valence electrons. The van der Waals surface area contributed by atoms with Crippen LogP contribution in [0.15, 0.2) is 86.2 Å². The van der Waals surface area contributed by atoms with Crippen molar-refractivity contribution in [2.24, 2.45) is 0 Å². The van der Waals surface area contributed by atoms with Crippen LogP contribution < -0.4 is 20.6 Å². The summed E-state index contributed by atoms with van der Waals surface area (Å²) in [4.78, 5) is 27.0. The van der Waals surface area contributed by atoms with Crippen molar-refractivity contribution in [3.8, 4) is 34.1 Å². The first-order chi connectivity index (χ1) is 18.2. The van der Waals surface area contributed by atoms with Crippen LogP contribution in [0.2, 0.25) is 0 Å². The Kier molecular flexibility index (Phi) is 7.72. The standard InChI is InChI=1S/C28H28N2O7S/c1-4-5-9-20-24(25-21(36-2)10-8-11-22(25)37-3)26(32)27(28(33)29-20)38(34,35)19-15-13-18(14-16-19)30-17-7-6-12-23(30)31/h6-8,10-17H,4-5,9H2,1-3H3,(H2,29,32,33). The predicted molar refractivity (Wildman–Crippen MR) is 143 cm³/mol. The minimum absolute atomic E-state index is 0.124. The Labute approximate surface area is 219 Å². The minimum atomic E-state index is -4.48. The number of aromatic amines is 1. The third-order valence-corrected chi connectivity index (χ3v) is 8.01. The molecule has 2 aromatic heterocycles. The number of hydrogen-bond donors (Lipinski definition) is 2. The predicted octanol–water partition coefficient (Wildman–Crippen LogP) is 4.09. The molecule has 10 heteroatoms. The quantitative estimate of drug-likeness (QED) is 0.330. The molecule has 0 atom stereocenters. The van der Waals surface area contributed by atoms with E-state index in [0.29, 0.717) is 41.3 Å². The molecule has 2 aromatic carbocycles. The highest BCUT2D eigenvalue weighted by Gasteiger charge is 2.31. The summed E-state index contributed by atoms with van der Waals surface area (Å²) in [5, 5.41) is 11.5. The van der Waals surface area contributed by atoms with Gasteiger partial charge in [-0.1, -0.05) is 25.5 Å². The van der Waals surface area contributed by atoms with Gasteiger partial charge in [-0.05, 0) is 55.3 Å².